The normalized spacial score (nSPS) is 19.3. The van der Waals surface area contributed by atoms with Gasteiger partial charge in [0.05, 0.1) is 42.6 Å². The van der Waals surface area contributed by atoms with E-state index in [1.807, 2.05) is 6.92 Å². The van der Waals surface area contributed by atoms with Gasteiger partial charge in [0.1, 0.15) is 23.9 Å². The number of halogens is 4. The maximum Gasteiger partial charge on any atom is 0.304 e. The first-order chi connectivity index (χ1) is 21.3. The lowest BCUT2D eigenvalue weighted by Gasteiger charge is -2.49. The fourth-order valence-corrected chi connectivity index (χ4v) is 5.48. The Balaban J connectivity index is 1.20. The van der Waals surface area contributed by atoms with E-state index in [9.17, 15) is 13.2 Å². The SMILES string of the molecule is CC(Cn1cnnn1)Oc1cc(-c2cnc(Nc3cn(C4(C5COCCN5)CCC4)nc3OC(F)C(F)F)nc2)ccc1Cl. The molecule has 234 valence electrons. The quantitative estimate of drug-likeness (QED) is 0.234. The van der Waals surface area contributed by atoms with Crippen molar-refractivity contribution >= 4 is 23.2 Å². The number of nitrogens with zero attached hydrogens (tertiary/aromatic N) is 8. The van der Waals surface area contributed by atoms with E-state index >= 15 is 0 Å². The molecule has 1 aromatic carbocycles. The van der Waals surface area contributed by atoms with E-state index in [0.29, 0.717) is 42.6 Å². The average molecular weight is 635 g/mol. The van der Waals surface area contributed by atoms with Crippen LogP contribution in [0, 0.1) is 0 Å². The molecule has 0 radical (unpaired) electrons. The van der Waals surface area contributed by atoms with Crippen LogP contribution in [0.4, 0.5) is 24.8 Å². The fraction of sp³-hybridized carbons (Fsp3) is 0.481. The molecule has 4 heterocycles. The van der Waals surface area contributed by atoms with Crippen LogP contribution in [0.15, 0.2) is 43.1 Å². The number of tetrazole rings is 1. The molecule has 3 aromatic heterocycles. The number of hydrogen-bond acceptors (Lipinski definition) is 11. The van der Waals surface area contributed by atoms with Crippen LogP contribution in [0.2, 0.25) is 5.02 Å². The summed E-state index contributed by atoms with van der Waals surface area (Å²) in [4.78, 5) is 8.75. The van der Waals surface area contributed by atoms with Gasteiger partial charge in [0.2, 0.25) is 5.95 Å². The zero-order valence-corrected chi connectivity index (χ0v) is 24.4. The monoisotopic (exact) mass is 634 g/mol. The Morgan fingerprint density at radius 2 is 2.00 bits per heavy atom. The first-order valence-electron chi connectivity index (χ1n) is 14.1. The number of benzene rings is 1. The van der Waals surface area contributed by atoms with Gasteiger partial charge in [-0.3, -0.25) is 4.68 Å². The van der Waals surface area contributed by atoms with E-state index in [1.54, 1.807) is 46.2 Å². The Morgan fingerprint density at radius 1 is 1.18 bits per heavy atom. The van der Waals surface area contributed by atoms with Crippen molar-refractivity contribution in [1.29, 1.82) is 0 Å². The summed E-state index contributed by atoms with van der Waals surface area (Å²) in [5.74, 6) is 0.278. The molecule has 6 rings (SSSR count). The van der Waals surface area contributed by atoms with Crippen molar-refractivity contribution in [2.45, 2.75) is 63.2 Å². The maximum absolute atomic E-state index is 14.0. The summed E-state index contributed by atoms with van der Waals surface area (Å²) in [5.41, 5.74) is 1.10. The molecule has 1 saturated carbocycles. The van der Waals surface area contributed by atoms with Gasteiger partial charge < -0.3 is 24.8 Å². The lowest BCUT2D eigenvalue weighted by molar-refractivity contribution is -0.0701. The second-order valence-electron chi connectivity index (χ2n) is 10.7. The van der Waals surface area contributed by atoms with Crippen molar-refractivity contribution in [2.24, 2.45) is 0 Å². The van der Waals surface area contributed by atoms with E-state index in [4.69, 9.17) is 25.8 Å². The third-order valence-corrected chi connectivity index (χ3v) is 7.99. The van der Waals surface area contributed by atoms with Crippen LogP contribution in [-0.2, 0) is 16.8 Å². The van der Waals surface area contributed by atoms with Gasteiger partial charge in [0.15, 0.2) is 0 Å². The van der Waals surface area contributed by atoms with Gasteiger partial charge >= 0.3 is 6.43 Å². The highest BCUT2D eigenvalue weighted by Crippen LogP contribution is 2.44. The maximum atomic E-state index is 14.0. The van der Waals surface area contributed by atoms with Gasteiger partial charge in [0.25, 0.3) is 12.2 Å². The van der Waals surface area contributed by atoms with Gasteiger partial charge in [-0.05, 0) is 54.3 Å². The number of hydrogen-bond donors (Lipinski definition) is 2. The predicted molar refractivity (Wildman–Crippen MR) is 152 cm³/mol. The van der Waals surface area contributed by atoms with Crippen LogP contribution in [-0.4, -0.2) is 84.6 Å². The molecule has 17 heteroatoms. The highest BCUT2D eigenvalue weighted by atomic mass is 35.5. The van der Waals surface area contributed by atoms with Gasteiger partial charge in [0, 0.05) is 24.5 Å². The van der Waals surface area contributed by atoms with Gasteiger partial charge in [-0.25, -0.2) is 23.4 Å². The predicted octanol–water partition coefficient (Wildman–Crippen LogP) is 4.00. The van der Waals surface area contributed by atoms with Gasteiger partial charge in [-0.2, -0.15) is 4.39 Å². The lowest BCUT2D eigenvalue weighted by Crippen LogP contribution is -2.61. The largest absolute Gasteiger partial charge is 0.487 e. The molecule has 2 N–H and O–H groups in total. The van der Waals surface area contributed by atoms with E-state index in [1.165, 1.54) is 6.33 Å². The van der Waals surface area contributed by atoms with Crippen LogP contribution in [0.5, 0.6) is 11.6 Å². The van der Waals surface area contributed by atoms with E-state index in [-0.39, 0.29) is 29.7 Å². The van der Waals surface area contributed by atoms with Crippen LogP contribution in [0.25, 0.3) is 11.1 Å². The molecule has 1 aliphatic carbocycles. The molecule has 4 aromatic rings. The molecule has 3 unspecified atom stereocenters. The first-order valence-corrected chi connectivity index (χ1v) is 14.4. The number of anilines is 2. The van der Waals surface area contributed by atoms with Crippen molar-refractivity contribution in [1.82, 2.24) is 45.3 Å². The summed E-state index contributed by atoms with van der Waals surface area (Å²) in [6.07, 6.45) is 2.32. The lowest BCUT2D eigenvalue weighted by atomic mass is 9.71. The molecule has 3 atom stereocenters. The number of aromatic nitrogens is 8. The second kappa shape index (κ2) is 12.9. The second-order valence-corrected chi connectivity index (χ2v) is 11.1. The highest BCUT2D eigenvalue weighted by Gasteiger charge is 2.48. The van der Waals surface area contributed by atoms with Crippen LogP contribution in [0.3, 0.4) is 0 Å². The minimum atomic E-state index is -3.34. The van der Waals surface area contributed by atoms with Gasteiger partial charge in [-0.15, -0.1) is 10.2 Å². The number of ether oxygens (including phenoxy) is 3. The first kappa shape index (κ1) is 30.0. The van der Waals surface area contributed by atoms with Crippen molar-refractivity contribution in [3.05, 3.63) is 48.1 Å². The summed E-state index contributed by atoms with van der Waals surface area (Å²) < 4.78 is 60.0. The molecule has 2 fully saturated rings. The molecular formula is C27H30ClF3N10O3. The number of rotatable bonds is 12. The minimum absolute atomic E-state index is 0.0479. The molecule has 0 bridgehead atoms. The Hall–Kier alpha value is -4.02. The summed E-state index contributed by atoms with van der Waals surface area (Å²) >= 11 is 6.38. The highest BCUT2D eigenvalue weighted by molar-refractivity contribution is 6.32. The van der Waals surface area contributed by atoms with E-state index in [2.05, 4.69) is 41.2 Å². The van der Waals surface area contributed by atoms with Crippen LogP contribution in [0.1, 0.15) is 26.2 Å². The molecule has 0 amide bonds. The zero-order valence-electron chi connectivity index (χ0n) is 23.6. The van der Waals surface area contributed by atoms with Crippen LogP contribution >= 0.6 is 11.6 Å². The molecular weight excluding hydrogens is 605 g/mol. The fourth-order valence-electron chi connectivity index (χ4n) is 5.32. The minimum Gasteiger partial charge on any atom is -0.487 e. The number of nitrogens with one attached hydrogen (secondary N) is 2. The van der Waals surface area contributed by atoms with Crippen molar-refractivity contribution in [3.63, 3.8) is 0 Å². The Kier molecular flexibility index (Phi) is 8.81. The molecule has 1 saturated heterocycles. The third-order valence-electron chi connectivity index (χ3n) is 7.68. The molecule has 44 heavy (non-hydrogen) atoms. The molecule has 1 aliphatic heterocycles. The van der Waals surface area contributed by atoms with Crippen LogP contribution < -0.4 is 20.1 Å². The number of alkyl halides is 3. The summed E-state index contributed by atoms with van der Waals surface area (Å²) in [6, 6.07) is 5.23. The Labute approximate surface area is 255 Å². The average Bonchev–Trinajstić information content (AvgIpc) is 3.65. The van der Waals surface area contributed by atoms with Crippen molar-refractivity contribution in [3.8, 4) is 22.8 Å². The van der Waals surface area contributed by atoms with Gasteiger partial charge in [-0.1, -0.05) is 17.7 Å². The summed E-state index contributed by atoms with van der Waals surface area (Å²) in [5, 5.41) is 22.3. The zero-order chi connectivity index (χ0) is 30.7. The molecule has 0 spiro atoms. The van der Waals surface area contributed by atoms with Crippen molar-refractivity contribution < 1.29 is 27.4 Å². The van der Waals surface area contributed by atoms with Crippen molar-refractivity contribution in [2.75, 3.05) is 25.1 Å². The molecule has 13 nitrogen and oxygen atoms in total. The summed E-state index contributed by atoms with van der Waals surface area (Å²) in [7, 11) is 0. The Morgan fingerprint density at radius 3 is 2.66 bits per heavy atom. The Bertz CT molecular complexity index is 1530. The standard InChI is InChI=1S/C27H30ClF3N10O3/c1-16(12-40-15-35-38-39-40)43-21-9-17(3-4-19(21)28)18-10-33-26(34-11-18)36-20-13-41(37-25(20)44-24(31)23(29)30)27(5-2-6-27)22-14-42-8-7-32-22/h3-4,9-11,13,15-16,22-24,32H,2,5-8,12,14H2,1H3,(H,33,34,36). The molecule has 2 aliphatic rings. The number of morpholine rings is 1. The summed E-state index contributed by atoms with van der Waals surface area (Å²) in [6.45, 7) is 4.05. The topological polar surface area (TPSA) is 139 Å². The third kappa shape index (κ3) is 6.42. The smallest absolute Gasteiger partial charge is 0.304 e. The van der Waals surface area contributed by atoms with E-state index < -0.39 is 18.3 Å². The van der Waals surface area contributed by atoms with E-state index in [0.717, 1.165) is 24.8 Å².